The summed E-state index contributed by atoms with van der Waals surface area (Å²) in [4.78, 5) is 26.5. The largest absolute Gasteiger partial charge is 0.326 e. The van der Waals surface area contributed by atoms with Crippen LogP contribution in [0.1, 0.15) is 31.7 Å². The average Bonchev–Trinajstić information content (AvgIpc) is 3.00. The highest BCUT2D eigenvalue weighted by molar-refractivity contribution is 6.42. The van der Waals surface area contributed by atoms with E-state index in [1.165, 1.54) is 5.56 Å². The molecule has 3 rings (SSSR count). The van der Waals surface area contributed by atoms with E-state index < -0.39 is 5.92 Å². The lowest BCUT2D eigenvalue weighted by molar-refractivity contribution is -0.122. The van der Waals surface area contributed by atoms with Gasteiger partial charge in [-0.25, -0.2) is 0 Å². The van der Waals surface area contributed by atoms with E-state index in [-0.39, 0.29) is 18.2 Å². The van der Waals surface area contributed by atoms with Gasteiger partial charge in [-0.2, -0.15) is 0 Å². The molecule has 0 spiro atoms. The Bertz CT molecular complexity index is 834. The number of carbonyl (C=O) groups is 2. The Morgan fingerprint density at radius 1 is 1.12 bits per heavy atom. The zero-order valence-corrected chi connectivity index (χ0v) is 16.1. The molecule has 0 saturated carbocycles. The summed E-state index contributed by atoms with van der Waals surface area (Å²) in [6.07, 6.45) is 0.194. The molecule has 1 fully saturated rings. The molecule has 1 aliphatic heterocycles. The molecule has 0 aliphatic carbocycles. The van der Waals surface area contributed by atoms with Crippen molar-refractivity contribution >= 4 is 46.4 Å². The number of halogens is 2. The van der Waals surface area contributed by atoms with Gasteiger partial charge >= 0.3 is 0 Å². The van der Waals surface area contributed by atoms with Gasteiger partial charge in [-0.3, -0.25) is 9.59 Å². The number of rotatable bonds is 4. The summed E-state index contributed by atoms with van der Waals surface area (Å²) in [6.45, 7) is 4.62. The van der Waals surface area contributed by atoms with E-state index in [0.29, 0.717) is 28.2 Å². The first kappa shape index (κ1) is 18.7. The van der Waals surface area contributed by atoms with Crippen molar-refractivity contribution < 1.29 is 9.59 Å². The van der Waals surface area contributed by atoms with E-state index in [1.54, 1.807) is 23.1 Å². The lowest BCUT2D eigenvalue weighted by Gasteiger charge is -2.18. The fourth-order valence-electron chi connectivity index (χ4n) is 2.99. The van der Waals surface area contributed by atoms with E-state index in [1.807, 2.05) is 24.3 Å². The normalized spacial score (nSPS) is 17.0. The molecule has 0 aromatic heterocycles. The highest BCUT2D eigenvalue weighted by Gasteiger charge is 2.35. The summed E-state index contributed by atoms with van der Waals surface area (Å²) in [5.74, 6) is -0.209. The van der Waals surface area contributed by atoms with Crippen molar-refractivity contribution in [3.8, 4) is 0 Å². The Kier molecular flexibility index (Phi) is 5.54. The van der Waals surface area contributed by atoms with Crippen molar-refractivity contribution in [2.45, 2.75) is 26.2 Å². The van der Waals surface area contributed by atoms with Crippen molar-refractivity contribution in [3.63, 3.8) is 0 Å². The number of hydrogen-bond acceptors (Lipinski definition) is 2. The predicted molar refractivity (Wildman–Crippen MR) is 106 cm³/mol. The summed E-state index contributed by atoms with van der Waals surface area (Å²) in [5, 5.41) is 3.61. The van der Waals surface area contributed by atoms with Crippen LogP contribution in [0.5, 0.6) is 0 Å². The lowest BCUT2D eigenvalue weighted by Crippen LogP contribution is -2.28. The van der Waals surface area contributed by atoms with Crippen LogP contribution in [0.4, 0.5) is 11.4 Å². The zero-order chi connectivity index (χ0) is 18.8. The number of amides is 2. The van der Waals surface area contributed by atoms with Crippen LogP contribution in [0.15, 0.2) is 42.5 Å². The molecule has 1 saturated heterocycles. The Balaban J connectivity index is 1.68. The smallest absolute Gasteiger partial charge is 0.229 e. The standard InChI is InChI=1S/C20H20Cl2N2O2/c1-12(2)13-3-6-16(7-4-13)24-11-14(9-19(24)25)20(26)23-15-5-8-17(21)18(22)10-15/h3-8,10,12,14H,9,11H2,1-2H3,(H,23,26)/t14-/m0/s1. The highest BCUT2D eigenvalue weighted by Crippen LogP contribution is 2.29. The molecule has 1 atom stereocenters. The molecule has 2 aromatic rings. The molecule has 0 bridgehead atoms. The third-order valence-corrected chi connectivity index (χ3v) is 5.29. The molecular weight excluding hydrogens is 371 g/mol. The monoisotopic (exact) mass is 390 g/mol. The van der Waals surface area contributed by atoms with Crippen LogP contribution in [0, 0.1) is 5.92 Å². The second-order valence-corrected chi connectivity index (χ2v) is 7.58. The molecule has 2 aromatic carbocycles. The minimum absolute atomic E-state index is 0.0448. The molecule has 6 heteroatoms. The van der Waals surface area contributed by atoms with Crippen LogP contribution in [0.25, 0.3) is 0 Å². The third-order valence-electron chi connectivity index (χ3n) is 4.55. The van der Waals surface area contributed by atoms with Gasteiger partial charge in [0.25, 0.3) is 0 Å². The SMILES string of the molecule is CC(C)c1ccc(N2C[C@@H](C(=O)Nc3ccc(Cl)c(Cl)c3)CC2=O)cc1. The maximum atomic E-state index is 12.5. The van der Waals surface area contributed by atoms with Crippen molar-refractivity contribution in [2.24, 2.45) is 5.92 Å². The van der Waals surface area contributed by atoms with Gasteiger partial charge < -0.3 is 10.2 Å². The van der Waals surface area contributed by atoms with Crippen LogP contribution >= 0.6 is 23.2 Å². The van der Waals surface area contributed by atoms with Gasteiger partial charge in [0.2, 0.25) is 11.8 Å². The first-order valence-electron chi connectivity index (χ1n) is 8.51. The second kappa shape index (κ2) is 7.68. The molecule has 0 radical (unpaired) electrons. The van der Waals surface area contributed by atoms with Crippen molar-refractivity contribution in [1.82, 2.24) is 0 Å². The average molecular weight is 391 g/mol. The number of nitrogens with zero attached hydrogens (tertiary/aromatic N) is 1. The highest BCUT2D eigenvalue weighted by atomic mass is 35.5. The van der Waals surface area contributed by atoms with Gasteiger partial charge in [0.15, 0.2) is 0 Å². The Morgan fingerprint density at radius 3 is 2.42 bits per heavy atom. The molecule has 1 N–H and O–H groups in total. The Labute approximate surface area is 163 Å². The summed E-state index contributed by atoms with van der Waals surface area (Å²) >= 11 is 11.9. The van der Waals surface area contributed by atoms with Gasteiger partial charge in [-0.1, -0.05) is 49.2 Å². The summed E-state index contributed by atoms with van der Waals surface area (Å²) in [7, 11) is 0. The summed E-state index contributed by atoms with van der Waals surface area (Å²) < 4.78 is 0. The molecule has 1 aliphatic rings. The summed E-state index contributed by atoms with van der Waals surface area (Å²) in [5.41, 5.74) is 2.61. The fraction of sp³-hybridized carbons (Fsp3) is 0.300. The fourth-order valence-corrected chi connectivity index (χ4v) is 3.29. The molecule has 2 amide bonds. The van der Waals surface area contributed by atoms with Gasteiger partial charge in [0.1, 0.15) is 0 Å². The second-order valence-electron chi connectivity index (χ2n) is 6.77. The summed E-state index contributed by atoms with van der Waals surface area (Å²) in [6, 6.07) is 12.8. The molecule has 26 heavy (non-hydrogen) atoms. The lowest BCUT2D eigenvalue weighted by atomic mass is 10.0. The first-order valence-corrected chi connectivity index (χ1v) is 9.27. The third kappa shape index (κ3) is 4.02. The Hall–Kier alpha value is -2.04. The first-order chi connectivity index (χ1) is 12.3. The van der Waals surface area contributed by atoms with Crippen LogP contribution in [0.3, 0.4) is 0 Å². The number of carbonyl (C=O) groups excluding carboxylic acids is 2. The molecule has 1 heterocycles. The van der Waals surface area contributed by atoms with Crippen molar-refractivity contribution in [2.75, 3.05) is 16.8 Å². The molecule has 136 valence electrons. The number of benzene rings is 2. The predicted octanol–water partition coefficient (Wildman–Crippen LogP) is 5.11. The molecule has 4 nitrogen and oxygen atoms in total. The minimum atomic E-state index is -0.401. The van der Waals surface area contributed by atoms with Crippen molar-refractivity contribution in [1.29, 1.82) is 0 Å². The molecule has 0 unspecified atom stereocenters. The van der Waals surface area contributed by atoms with Crippen LogP contribution < -0.4 is 10.2 Å². The molecular formula is C20H20Cl2N2O2. The number of anilines is 2. The number of nitrogens with one attached hydrogen (secondary N) is 1. The van der Waals surface area contributed by atoms with Crippen molar-refractivity contribution in [3.05, 3.63) is 58.1 Å². The van der Waals surface area contributed by atoms with Crippen LogP contribution in [-0.2, 0) is 9.59 Å². The topological polar surface area (TPSA) is 49.4 Å². The van der Waals surface area contributed by atoms with E-state index in [2.05, 4.69) is 19.2 Å². The van der Waals surface area contributed by atoms with Gasteiger partial charge in [-0.05, 0) is 41.8 Å². The van der Waals surface area contributed by atoms with E-state index in [0.717, 1.165) is 5.69 Å². The van der Waals surface area contributed by atoms with E-state index in [4.69, 9.17) is 23.2 Å². The van der Waals surface area contributed by atoms with E-state index in [9.17, 15) is 9.59 Å². The van der Waals surface area contributed by atoms with Gasteiger partial charge in [0, 0.05) is 24.3 Å². The Morgan fingerprint density at radius 2 is 1.81 bits per heavy atom. The van der Waals surface area contributed by atoms with Gasteiger partial charge in [0.05, 0.1) is 16.0 Å². The van der Waals surface area contributed by atoms with Crippen LogP contribution in [-0.4, -0.2) is 18.4 Å². The van der Waals surface area contributed by atoms with E-state index >= 15 is 0 Å². The zero-order valence-electron chi connectivity index (χ0n) is 14.6. The minimum Gasteiger partial charge on any atom is -0.326 e. The maximum absolute atomic E-state index is 12.5. The number of hydrogen-bond donors (Lipinski definition) is 1. The van der Waals surface area contributed by atoms with Crippen LogP contribution in [0.2, 0.25) is 10.0 Å². The van der Waals surface area contributed by atoms with Gasteiger partial charge in [-0.15, -0.1) is 0 Å². The maximum Gasteiger partial charge on any atom is 0.229 e. The quantitative estimate of drug-likeness (QED) is 0.788.